The van der Waals surface area contributed by atoms with Crippen LogP contribution in [0.3, 0.4) is 0 Å². The highest BCUT2D eigenvalue weighted by Gasteiger charge is 2.15. The molecule has 0 fully saturated rings. The first kappa shape index (κ1) is 23.9. The van der Waals surface area contributed by atoms with Crippen LogP contribution < -0.4 is 5.32 Å². The average Bonchev–Trinajstić information content (AvgIpc) is 2.77. The number of aliphatic hydroxyl groups is 1. The van der Waals surface area contributed by atoms with Crippen molar-refractivity contribution in [3.63, 3.8) is 0 Å². The number of carbonyl (C=O) groups is 1. The maximum absolute atomic E-state index is 11.6. The summed E-state index contributed by atoms with van der Waals surface area (Å²) in [6.07, 6.45) is 4.46. The molecule has 2 aromatic rings. The molecule has 0 saturated carbocycles. The highest BCUT2D eigenvalue weighted by atomic mass is 16.5. The molecule has 1 atom stereocenters. The lowest BCUT2D eigenvalue weighted by molar-refractivity contribution is 0.0597. The summed E-state index contributed by atoms with van der Waals surface area (Å²) in [7, 11) is 1.25. The van der Waals surface area contributed by atoms with Gasteiger partial charge in [-0.3, -0.25) is 0 Å². The fourth-order valence-corrected chi connectivity index (χ4v) is 3.13. The third-order valence-electron chi connectivity index (χ3n) is 4.89. The lowest BCUT2D eigenvalue weighted by atomic mass is 10.0. The molecule has 0 aromatic heterocycles. The maximum atomic E-state index is 11.6. The van der Waals surface area contributed by atoms with Gasteiger partial charge in [0.15, 0.2) is 0 Å². The quantitative estimate of drug-likeness (QED) is 0.323. The number of methoxy groups -OCH3 is 1. The molecule has 2 aromatic carbocycles. The van der Waals surface area contributed by atoms with Crippen LogP contribution in [0.25, 0.3) is 0 Å². The number of nitrogens with one attached hydrogen (secondary N) is 1. The SMILES string of the molecule is COC(=O)c1cc(C(O)CNCCCCOCCCCc2ccccc2)ccc1O. The molecular formula is C24H33NO5. The molecule has 3 N–H and O–H groups in total. The summed E-state index contributed by atoms with van der Waals surface area (Å²) in [5.74, 6) is -0.791. The zero-order valence-corrected chi connectivity index (χ0v) is 17.7. The van der Waals surface area contributed by atoms with Crippen molar-refractivity contribution in [2.45, 2.75) is 38.2 Å². The van der Waals surface area contributed by atoms with Crippen LogP contribution in [0.5, 0.6) is 5.75 Å². The van der Waals surface area contributed by atoms with E-state index in [4.69, 9.17) is 4.74 Å². The molecule has 0 bridgehead atoms. The normalized spacial score (nSPS) is 11.9. The Labute approximate surface area is 178 Å². The zero-order chi connectivity index (χ0) is 21.6. The zero-order valence-electron chi connectivity index (χ0n) is 17.7. The summed E-state index contributed by atoms with van der Waals surface area (Å²) in [6.45, 7) is 2.68. The van der Waals surface area contributed by atoms with Crippen LogP contribution in [-0.4, -0.2) is 49.6 Å². The third-order valence-corrected chi connectivity index (χ3v) is 4.89. The summed E-state index contributed by atoms with van der Waals surface area (Å²) in [4.78, 5) is 11.6. The van der Waals surface area contributed by atoms with E-state index >= 15 is 0 Å². The highest BCUT2D eigenvalue weighted by molar-refractivity contribution is 5.92. The molecule has 164 valence electrons. The van der Waals surface area contributed by atoms with Crippen molar-refractivity contribution >= 4 is 5.97 Å². The molecule has 1 unspecified atom stereocenters. The Balaban J connectivity index is 1.50. The Bertz CT molecular complexity index is 751. The second kappa shape index (κ2) is 13.7. The van der Waals surface area contributed by atoms with Gasteiger partial charge in [-0.25, -0.2) is 4.79 Å². The summed E-state index contributed by atoms with van der Waals surface area (Å²) in [6, 6.07) is 14.9. The van der Waals surface area contributed by atoms with Crippen molar-refractivity contribution < 1.29 is 24.5 Å². The van der Waals surface area contributed by atoms with Gasteiger partial charge in [0.1, 0.15) is 11.3 Å². The van der Waals surface area contributed by atoms with Crippen LogP contribution in [0.1, 0.15) is 53.3 Å². The first-order valence-electron chi connectivity index (χ1n) is 10.5. The summed E-state index contributed by atoms with van der Waals surface area (Å²) in [5.41, 5.74) is 1.98. The first-order valence-corrected chi connectivity index (χ1v) is 10.5. The van der Waals surface area contributed by atoms with Crippen LogP contribution in [0.4, 0.5) is 0 Å². The molecule has 0 spiro atoms. The van der Waals surface area contributed by atoms with E-state index in [0.29, 0.717) is 12.1 Å². The molecule has 0 heterocycles. The van der Waals surface area contributed by atoms with Crippen LogP contribution >= 0.6 is 0 Å². The Morgan fingerprint density at radius 3 is 2.50 bits per heavy atom. The number of phenols is 1. The second-order valence-electron chi connectivity index (χ2n) is 7.25. The number of phenolic OH excluding ortho intramolecular Hbond substituents is 1. The maximum Gasteiger partial charge on any atom is 0.341 e. The van der Waals surface area contributed by atoms with Crippen LogP contribution in [-0.2, 0) is 15.9 Å². The van der Waals surface area contributed by atoms with Gasteiger partial charge in [0, 0.05) is 19.8 Å². The second-order valence-corrected chi connectivity index (χ2v) is 7.25. The minimum absolute atomic E-state index is 0.0509. The molecule has 0 aliphatic carbocycles. The first-order chi connectivity index (χ1) is 14.6. The van der Waals surface area contributed by atoms with E-state index in [2.05, 4.69) is 34.3 Å². The number of benzene rings is 2. The number of esters is 1. The van der Waals surface area contributed by atoms with Gasteiger partial charge in [0.2, 0.25) is 0 Å². The minimum atomic E-state index is -0.769. The third kappa shape index (κ3) is 8.53. The van der Waals surface area contributed by atoms with Crippen molar-refractivity contribution in [1.29, 1.82) is 0 Å². The fraction of sp³-hybridized carbons (Fsp3) is 0.458. The average molecular weight is 416 g/mol. The van der Waals surface area contributed by atoms with Gasteiger partial charge in [-0.05, 0) is 61.9 Å². The molecule has 2 rings (SSSR count). The van der Waals surface area contributed by atoms with Gasteiger partial charge in [0.05, 0.1) is 13.2 Å². The van der Waals surface area contributed by atoms with Gasteiger partial charge in [-0.15, -0.1) is 0 Å². The molecule has 0 radical (unpaired) electrons. The minimum Gasteiger partial charge on any atom is -0.507 e. The number of aliphatic hydroxyl groups excluding tert-OH is 1. The van der Waals surface area contributed by atoms with Crippen molar-refractivity contribution in [1.82, 2.24) is 5.32 Å². The van der Waals surface area contributed by atoms with Gasteiger partial charge in [-0.2, -0.15) is 0 Å². The van der Waals surface area contributed by atoms with Gasteiger partial charge in [-0.1, -0.05) is 36.4 Å². The lowest BCUT2D eigenvalue weighted by Gasteiger charge is -2.14. The van der Waals surface area contributed by atoms with E-state index < -0.39 is 12.1 Å². The Morgan fingerprint density at radius 1 is 1.03 bits per heavy atom. The molecule has 6 heteroatoms. The molecule has 6 nitrogen and oxygen atoms in total. The molecule has 30 heavy (non-hydrogen) atoms. The van der Waals surface area contributed by atoms with Gasteiger partial charge in [0.25, 0.3) is 0 Å². The number of carbonyl (C=O) groups excluding carboxylic acids is 1. The number of hydrogen-bond acceptors (Lipinski definition) is 6. The smallest absolute Gasteiger partial charge is 0.341 e. The van der Waals surface area contributed by atoms with Gasteiger partial charge >= 0.3 is 5.97 Å². The standard InChI is InChI=1S/C24H33NO5/c1-29-24(28)21-17-20(12-13-22(21)26)23(27)18-25-14-6-8-16-30-15-7-5-11-19-9-3-2-4-10-19/h2-4,9-10,12-13,17,23,25-27H,5-8,11,14-16,18H2,1H3. The number of aromatic hydroxyl groups is 1. The van der Waals surface area contributed by atoms with Crippen molar-refractivity contribution in [2.75, 3.05) is 33.4 Å². The Morgan fingerprint density at radius 2 is 1.77 bits per heavy atom. The van der Waals surface area contributed by atoms with Gasteiger partial charge < -0.3 is 25.0 Å². The molecule has 0 amide bonds. The summed E-state index contributed by atoms with van der Waals surface area (Å²) < 4.78 is 10.3. The molecule has 0 aliphatic rings. The van der Waals surface area contributed by atoms with Crippen molar-refractivity contribution in [3.8, 4) is 5.75 Å². The topological polar surface area (TPSA) is 88.0 Å². The molecular weight excluding hydrogens is 382 g/mol. The highest BCUT2D eigenvalue weighted by Crippen LogP contribution is 2.23. The van der Waals surface area contributed by atoms with Crippen LogP contribution in [0, 0.1) is 0 Å². The number of rotatable bonds is 14. The van der Waals surface area contributed by atoms with Crippen LogP contribution in [0.2, 0.25) is 0 Å². The Hall–Kier alpha value is -2.41. The number of unbranched alkanes of at least 4 members (excludes halogenated alkanes) is 2. The van der Waals surface area contributed by atoms with Crippen molar-refractivity contribution in [3.05, 3.63) is 65.2 Å². The molecule has 0 saturated heterocycles. The molecule has 0 aliphatic heterocycles. The predicted octanol–water partition coefficient (Wildman–Crippen LogP) is 3.62. The number of ether oxygens (including phenoxy) is 2. The van der Waals surface area contributed by atoms with E-state index in [-0.39, 0.29) is 11.3 Å². The number of hydrogen-bond donors (Lipinski definition) is 3. The van der Waals surface area contributed by atoms with Crippen molar-refractivity contribution in [2.24, 2.45) is 0 Å². The van der Waals surface area contributed by atoms with E-state index in [1.165, 1.54) is 24.8 Å². The fourth-order valence-electron chi connectivity index (χ4n) is 3.13. The van der Waals surface area contributed by atoms with E-state index in [9.17, 15) is 15.0 Å². The largest absolute Gasteiger partial charge is 0.507 e. The van der Waals surface area contributed by atoms with E-state index in [1.807, 2.05) is 6.07 Å². The summed E-state index contributed by atoms with van der Waals surface area (Å²) in [5, 5.41) is 23.2. The lowest BCUT2D eigenvalue weighted by Crippen LogP contribution is -2.23. The van der Waals surface area contributed by atoms with E-state index in [1.54, 1.807) is 6.07 Å². The number of aryl methyl sites for hydroxylation is 1. The monoisotopic (exact) mass is 415 g/mol. The predicted molar refractivity (Wildman–Crippen MR) is 117 cm³/mol. The van der Waals surface area contributed by atoms with Crippen LogP contribution in [0.15, 0.2) is 48.5 Å². The Kier molecular flexibility index (Phi) is 10.9. The summed E-state index contributed by atoms with van der Waals surface area (Å²) >= 11 is 0. The van der Waals surface area contributed by atoms with E-state index in [0.717, 1.165) is 51.9 Å².